The van der Waals surface area contributed by atoms with Gasteiger partial charge in [0, 0.05) is 37.1 Å². The summed E-state index contributed by atoms with van der Waals surface area (Å²) in [6.45, 7) is 0.688. The predicted molar refractivity (Wildman–Crippen MR) is 72.3 cm³/mol. The molecule has 102 valence electrons. The predicted octanol–water partition coefficient (Wildman–Crippen LogP) is 1.33. The highest BCUT2D eigenvalue weighted by molar-refractivity contribution is 5.85. The van der Waals surface area contributed by atoms with Crippen molar-refractivity contribution in [2.24, 2.45) is 0 Å². The molecule has 1 atom stereocenters. The molecule has 1 unspecified atom stereocenters. The Labute approximate surface area is 110 Å². The molecule has 1 aliphatic heterocycles. The summed E-state index contributed by atoms with van der Waals surface area (Å²) in [5, 5.41) is 19.5. The van der Waals surface area contributed by atoms with Crippen molar-refractivity contribution >= 4 is 23.0 Å². The highest BCUT2D eigenvalue weighted by atomic mass is 16.6. The first-order chi connectivity index (χ1) is 9.10. The van der Waals surface area contributed by atoms with Crippen molar-refractivity contribution in [1.29, 1.82) is 0 Å². The van der Waals surface area contributed by atoms with Gasteiger partial charge in [0.05, 0.1) is 4.92 Å². The molecule has 0 bridgehead atoms. The van der Waals surface area contributed by atoms with E-state index < -0.39 is 4.92 Å². The Morgan fingerprint density at radius 2 is 2.11 bits per heavy atom. The van der Waals surface area contributed by atoms with E-state index in [2.05, 4.69) is 16.0 Å². The van der Waals surface area contributed by atoms with Crippen LogP contribution in [-0.4, -0.2) is 30.5 Å². The number of benzene rings is 1. The summed E-state index contributed by atoms with van der Waals surface area (Å²) in [6, 6.07) is 4.30. The highest BCUT2D eigenvalue weighted by Gasteiger charge is 2.22. The third kappa shape index (κ3) is 3.12. The number of rotatable bonds is 4. The molecule has 0 aromatic heterocycles. The van der Waals surface area contributed by atoms with Crippen LogP contribution in [0.3, 0.4) is 0 Å². The monoisotopic (exact) mass is 264 g/mol. The zero-order valence-electron chi connectivity index (χ0n) is 10.6. The molecule has 1 amide bonds. The average Bonchev–Trinajstić information content (AvgIpc) is 2.41. The fourth-order valence-corrected chi connectivity index (χ4v) is 2.06. The van der Waals surface area contributed by atoms with E-state index >= 15 is 0 Å². The number of nitrogens with one attached hydrogen (secondary N) is 3. The van der Waals surface area contributed by atoms with Crippen molar-refractivity contribution in [2.75, 3.05) is 24.2 Å². The molecule has 7 heteroatoms. The summed E-state index contributed by atoms with van der Waals surface area (Å²) in [5.74, 6) is -0.0660. The second-order valence-corrected chi connectivity index (χ2v) is 4.41. The van der Waals surface area contributed by atoms with Gasteiger partial charge in [-0.2, -0.15) is 0 Å². The molecule has 1 aliphatic rings. The van der Waals surface area contributed by atoms with Crippen molar-refractivity contribution < 1.29 is 9.72 Å². The van der Waals surface area contributed by atoms with Crippen LogP contribution in [0.5, 0.6) is 0 Å². The van der Waals surface area contributed by atoms with E-state index in [1.807, 2.05) is 0 Å². The molecular formula is C12H16N4O3. The molecule has 7 nitrogen and oxygen atoms in total. The van der Waals surface area contributed by atoms with Gasteiger partial charge in [-0.15, -0.1) is 0 Å². The van der Waals surface area contributed by atoms with Crippen molar-refractivity contribution in [1.82, 2.24) is 5.32 Å². The molecule has 0 aliphatic carbocycles. The van der Waals surface area contributed by atoms with Crippen LogP contribution >= 0.6 is 0 Å². The molecule has 1 heterocycles. The van der Waals surface area contributed by atoms with Gasteiger partial charge in [0.25, 0.3) is 5.69 Å². The number of carbonyl (C=O) groups is 1. The zero-order valence-corrected chi connectivity index (χ0v) is 10.6. The zero-order chi connectivity index (χ0) is 13.8. The second kappa shape index (κ2) is 5.55. The van der Waals surface area contributed by atoms with E-state index in [0.29, 0.717) is 17.9 Å². The molecular weight excluding hydrogens is 248 g/mol. The van der Waals surface area contributed by atoms with E-state index in [1.165, 1.54) is 12.1 Å². The first kappa shape index (κ1) is 13.1. The Bertz CT molecular complexity index is 504. The molecule has 1 aromatic rings. The van der Waals surface area contributed by atoms with Gasteiger partial charge >= 0.3 is 0 Å². The molecule has 0 radical (unpaired) electrons. The van der Waals surface area contributed by atoms with E-state index in [1.54, 1.807) is 13.1 Å². The number of hydrogen-bond donors (Lipinski definition) is 3. The van der Waals surface area contributed by atoms with Gasteiger partial charge in [-0.05, 0) is 18.9 Å². The number of carbonyl (C=O) groups excluding carboxylic acids is 1. The number of nitro benzene ring substituents is 1. The number of amides is 1. The maximum atomic E-state index is 11.6. The number of hydrogen-bond acceptors (Lipinski definition) is 5. The fourth-order valence-electron chi connectivity index (χ4n) is 2.06. The van der Waals surface area contributed by atoms with Crippen LogP contribution in [-0.2, 0) is 4.79 Å². The SMILES string of the molecule is CNc1cc(NC2CCCNC2=O)cc([N+](=O)[O-])c1. The number of non-ortho nitro benzene ring substituents is 1. The first-order valence-electron chi connectivity index (χ1n) is 6.11. The summed E-state index contributed by atoms with van der Waals surface area (Å²) < 4.78 is 0. The average molecular weight is 264 g/mol. The van der Waals surface area contributed by atoms with Crippen molar-refractivity contribution in [2.45, 2.75) is 18.9 Å². The lowest BCUT2D eigenvalue weighted by Crippen LogP contribution is -2.44. The third-order valence-corrected chi connectivity index (χ3v) is 3.04. The van der Waals surface area contributed by atoms with Crippen LogP contribution in [0.2, 0.25) is 0 Å². The van der Waals surface area contributed by atoms with E-state index in [-0.39, 0.29) is 17.6 Å². The van der Waals surface area contributed by atoms with Crippen LogP contribution in [0, 0.1) is 10.1 Å². The van der Waals surface area contributed by atoms with Crippen molar-refractivity contribution in [3.63, 3.8) is 0 Å². The van der Waals surface area contributed by atoms with Crippen molar-refractivity contribution in [3.8, 4) is 0 Å². The van der Waals surface area contributed by atoms with Gasteiger partial charge in [0.2, 0.25) is 5.91 Å². The van der Waals surface area contributed by atoms with E-state index in [0.717, 1.165) is 12.8 Å². The smallest absolute Gasteiger partial charge is 0.273 e. The van der Waals surface area contributed by atoms with Gasteiger partial charge in [0.1, 0.15) is 6.04 Å². The van der Waals surface area contributed by atoms with Gasteiger partial charge < -0.3 is 16.0 Å². The highest BCUT2D eigenvalue weighted by Crippen LogP contribution is 2.25. The summed E-state index contributed by atoms with van der Waals surface area (Å²) in [6.07, 6.45) is 1.63. The minimum absolute atomic E-state index is 0.00873. The molecule has 0 spiro atoms. The van der Waals surface area contributed by atoms with Gasteiger partial charge in [-0.25, -0.2) is 0 Å². The molecule has 1 saturated heterocycles. The molecule has 2 rings (SSSR count). The number of nitrogens with zero attached hydrogens (tertiary/aromatic N) is 1. The summed E-state index contributed by atoms with van der Waals surface area (Å²) in [5.41, 5.74) is 1.19. The summed E-state index contributed by atoms with van der Waals surface area (Å²) in [4.78, 5) is 22.0. The van der Waals surface area contributed by atoms with Gasteiger partial charge in [-0.1, -0.05) is 0 Å². The van der Waals surface area contributed by atoms with E-state index in [4.69, 9.17) is 0 Å². The Kier molecular flexibility index (Phi) is 3.84. The maximum Gasteiger partial charge on any atom is 0.273 e. The third-order valence-electron chi connectivity index (χ3n) is 3.04. The lowest BCUT2D eigenvalue weighted by atomic mass is 10.1. The van der Waals surface area contributed by atoms with Crippen LogP contribution in [0.4, 0.5) is 17.1 Å². The quantitative estimate of drug-likeness (QED) is 0.563. The molecule has 1 fully saturated rings. The number of piperidine rings is 1. The lowest BCUT2D eigenvalue weighted by molar-refractivity contribution is -0.384. The lowest BCUT2D eigenvalue weighted by Gasteiger charge is -2.23. The normalized spacial score (nSPS) is 18.6. The molecule has 3 N–H and O–H groups in total. The van der Waals surface area contributed by atoms with E-state index in [9.17, 15) is 14.9 Å². The minimum Gasteiger partial charge on any atom is -0.388 e. The molecule has 1 aromatic carbocycles. The Morgan fingerprint density at radius 3 is 2.74 bits per heavy atom. The maximum absolute atomic E-state index is 11.6. The largest absolute Gasteiger partial charge is 0.388 e. The number of anilines is 2. The van der Waals surface area contributed by atoms with Crippen molar-refractivity contribution in [3.05, 3.63) is 28.3 Å². The Balaban J connectivity index is 2.21. The van der Waals surface area contributed by atoms with Crippen LogP contribution < -0.4 is 16.0 Å². The standard InChI is InChI=1S/C12H16N4O3/c1-13-8-5-9(7-10(6-8)16(18)19)15-11-3-2-4-14-12(11)17/h5-7,11,13,15H,2-4H2,1H3,(H,14,17). The topological polar surface area (TPSA) is 96.3 Å². The summed E-state index contributed by atoms with van der Waals surface area (Å²) >= 11 is 0. The molecule has 19 heavy (non-hydrogen) atoms. The minimum atomic E-state index is -0.451. The fraction of sp³-hybridized carbons (Fsp3) is 0.417. The second-order valence-electron chi connectivity index (χ2n) is 4.41. The summed E-state index contributed by atoms with van der Waals surface area (Å²) in [7, 11) is 1.69. The Hall–Kier alpha value is -2.31. The Morgan fingerprint density at radius 1 is 1.37 bits per heavy atom. The van der Waals surface area contributed by atoms with Gasteiger partial charge in [-0.3, -0.25) is 14.9 Å². The van der Waals surface area contributed by atoms with Crippen LogP contribution in [0.15, 0.2) is 18.2 Å². The first-order valence-corrected chi connectivity index (χ1v) is 6.11. The molecule has 0 saturated carbocycles. The van der Waals surface area contributed by atoms with Gasteiger partial charge in [0.15, 0.2) is 0 Å². The van der Waals surface area contributed by atoms with Crippen LogP contribution in [0.25, 0.3) is 0 Å². The number of nitro groups is 1. The van der Waals surface area contributed by atoms with Crippen LogP contribution in [0.1, 0.15) is 12.8 Å².